The third kappa shape index (κ3) is 2.48. The number of hydrogen-bond acceptors (Lipinski definition) is 4. The minimum absolute atomic E-state index is 0.0840. The predicted octanol–water partition coefficient (Wildman–Crippen LogP) is 1.24. The summed E-state index contributed by atoms with van der Waals surface area (Å²) in [4.78, 5) is 0. The van der Waals surface area contributed by atoms with E-state index < -0.39 is 0 Å². The number of phenols is 1. The maximum atomic E-state index is 9.42. The van der Waals surface area contributed by atoms with E-state index in [1.165, 1.54) is 13.2 Å². The van der Waals surface area contributed by atoms with Gasteiger partial charge < -0.3 is 15.6 Å². The van der Waals surface area contributed by atoms with Crippen LogP contribution in [0, 0.1) is 11.3 Å². The fraction of sp³-hybridized carbons (Fsp3) is 0.182. The molecule has 0 amide bonds. The Morgan fingerprint density at radius 1 is 1.60 bits per heavy atom. The first-order valence-electron chi connectivity index (χ1n) is 4.40. The van der Waals surface area contributed by atoms with Gasteiger partial charge in [0.15, 0.2) is 0 Å². The fourth-order valence-corrected chi connectivity index (χ4v) is 1.18. The Balaban J connectivity index is 3.24. The van der Waals surface area contributed by atoms with Gasteiger partial charge in [-0.1, -0.05) is 12.2 Å². The monoisotopic (exact) mass is 204 g/mol. The van der Waals surface area contributed by atoms with Gasteiger partial charge in [0, 0.05) is 18.2 Å². The van der Waals surface area contributed by atoms with Crippen LogP contribution in [0.25, 0.3) is 6.08 Å². The molecule has 3 N–H and O–H groups in total. The van der Waals surface area contributed by atoms with Crippen LogP contribution in [0.1, 0.15) is 11.1 Å². The van der Waals surface area contributed by atoms with Gasteiger partial charge in [-0.05, 0) is 6.07 Å². The van der Waals surface area contributed by atoms with Gasteiger partial charge in [0.2, 0.25) is 0 Å². The molecule has 0 heterocycles. The summed E-state index contributed by atoms with van der Waals surface area (Å²) in [5.41, 5.74) is 6.26. The van der Waals surface area contributed by atoms with Gasteiger partial charge in [-0.3, -0.25) is 0 Å². The molecule has 0 unspecified atom stereocenters. The van der Waals surface area contributed by atoms with Crippen molar-refractivity contribution in [1.29, 1.82) is 5.26 Å². The van der Waals surface area contributed by atoms with Crippen LogP contribution >= 0.6 is 0 Å². The Labute approximate surface area is 88.2 Å². The maximum Gasteiger partial charge on any atom is 0.137 e. The van der Waals surface area contributed by atoms with E-state index in [2.05, 4.69) is 0 Å². The summed E-state index contributed by atoms with van der Waals surface area (Å²) in [5.74, 6) is 0.426. The Morgan fingerprint density at radius 3 is 2.87 bits per heavy atom. The lowest BCUT2D eigenvalue weighted by Gasteiger charge is -2.06. The molecule has 0 spiro atoms. The normalized spacial score (nSPS) is 10.2. The lowest BCUT2D eigenvalue weighted by atomic mass is 10.1. The van der Waals surface area contributed by atoms with Crippen molar-refractivity contribution in [2.24, 2.45) is 5.73 Å². The first-order valence-corrected chi connectivity index (χ1v) is 4.40. The molecule has 0 aromatic heterocycles. The second-order valence-corrected chi connectivity index (χ2v) is 2.86. The second kappa shape index (κ2) is 5.03. The molecular formula is C11H12N2O2. The topological polar surface area (TPSA) is 79.3 Å². The summed E-state index contributed by atoms with van der Waals surface area (Å²) in [5, 5.41) is 18.2. The Hall–Kier alpha value is -1.99. The molecule has 4 heteroatoms. The van der Waals surface area contributed by atoms with Gasteiger partial charge in [0.25, 0.3) is 0 Å². The molecule has 0 radical (unpaired) electrons. The van der Waals surface area contributed by atoms with Crippen LogP contribution in [-0.2, 0) is 0 Å². The maximum absolute atomic E-state index is 9.42. The van der Waals surface area contributed by atoms with Crippen LogP contribution in [0.15, 0.2) is 18.2 Å². The van der Waals surface area contributed by atoms with E-state index in [1.54, 1.807) is 18.2 Å². The summed E-state index contributed by atoms with van der Waals surface area (Å²) in [7, 11) is 1.50. The first kappa shape index (κ1) is 11.1. The molecule has 1 aromatic rings. The molecule has 15 heavy (non-hydrogen) atoms. The van der Waals surface area contributed by atoms with Crippen molar-refractivity contribution in [2.45, 2.75) is 0 Å². The highest BCUT2D eigenvalue weighted by molar-refractivity contribution is 5.63. The summed E-state index contributed by atoms with van der Waals surface area (Å²) < 4.78 is 5.06. The number of benzene rings is 1. The molecule has 0 aliphatic carbocycles. The Kier molecular flexibility index (Phi) is 3.72. The van der Waals surface area contributed by atoms with Gasteiger partial charge in [-0.25, -0.2) is 0 Å². The lowest BCUT2D eigenvalue weighted by Crippen LogP contribution is -1.93. The van der Waals surface area contributed by atoms with Crippen LogP contribution in [0.3, 0.4) is 0 Å². The number of hydrogen-bond donors (Lipinski definition) is 2. The van der Waals surface area contributed by atoms with Gasteiger partial charge in [0.05, 0.1) is 12.7 Å². The van der Waals surface area contributed by atoms with E-state index in [9.17, 15) is 5.11 Å². The van der Waals surface area contributed by atoms with Crippen LogP contribution in [0.2, 0.25) is 0 Å². The van der Waals surface area contributed by atoms with E-state index in [1.807, 2.05) is 6.07 Å². The van der Waals surface area contributed by atoms with Crippen molar-refractivity contribution in [2.75, 3.05) is 13.7 Å². The number of ether oxygens (including phenoxy) is 1. The van der Waals surface area contributed by atoms with Gasteiger partial charge in [-0.2, -0.15) is 5.26 Å². The highest BCUT2D eigenvalue weighted by Crippen LogP contribution is 2.28. The molecule has 0 aliphatic rings. The molecule has 0 bridgehead atoms. The van der Waals surface area contributed by atoms with E-state index >= 15 is 0 Å². The van der Waals surface area contributed by atoms with Crippen molar-refractivity contribution < 1.29 is 9.84 Å². The van der Waals surface area contributed by atoms with E-state index in [0.717, 1.165) is 5.56 Å². The summed E-state index contributed by atoms with van der Waals surface area (Å²) in [6.07, 6.45) is 3.50. The minimum atomic E-state index is -0.0840. The summed E-state index contributed by atoms with van der Waals surface area (Å²) in [6.45, 7) is 0.409. The van der Waals surface area contributed by atoms with Crippen molar-refractivity contribution in [3.63, 3.8) is 0 Å². The van der Waals surface area contributed by atoms with Crippen LogP contribution < -0.4 is 10.5 Å². The predicted molar refractivity (Wildman–Crippen MR) is 57.5 cm³/mol. The highest BCUT2D eigenvalue weighted by atomic mass is 16.5. The molecule has 0 fully saturated rings. The molecule has 0 atom stereocenters. The average molecular weight is 204 g/mol. The number of nitrogens with two attached hydrogens (primary N) is 1. The van der Waals surface area contributed by atoms with Crippen LogP contribution in [0.4, 0.5) is 0 Å². The largest absolute Gasteiger partial charge is 0.506 e. The van der Waals surface area contributed by atoms with Crippen LogP contribution in [-0.4, -0.2) is 18.8 Å². The summed E-state index contributed by atoms with van der Waals surface area (Å²) >= 11 is 0. The molecule has 0 aliphatic heterocycles. The molecule has 0 saturated heterocycles. The molecule has 1 aromatic carbocycles. The molecule has 0 saturated carbocycles. The van der Waals surface area contributed by atoms with E-state index in [4.69, 9.17) is 15.7 Å². The number of aromatic hydroxyl groups is 1. The highest BCUT2D eigenvalue weighted by Gasteiger charge is 2.07. The molecular weight excluding hydrogens is 192 g/mol. The van der Waals surface area contributed by atoms with Crippen LogP contribution in [0.5, 0.6) is 11.5 Å². The Morgan fingerprint density at radius 2 is 2.33 bits per heavy atom. The zero-order chi connectivity index (χ0) is 11.3. The first-order chi connectivity index (χ1) is 7.22. The minimum Gasteiger partial charge on any atom is -0.506 e. The van der Waals surface area contributed by atoms with Crippen molar-refractivity contribution in [3.05, 3.63) is 29.3 Å². The standard InChI is InChI=1S/C11H12N2O2/c1-15-11-6-10(14)9(7-13)5-8(11)3-2-4-12/h2-3,5-6,14H,4,12H2,1H3/b3-2+. The van der Waals surface area contributed by atoms with Gasteiger partial charge in [0.1, 0.15) is 17.6 Å². The second-order valence-electron chi connectivity index (χ2n) is 2.86. The fourth-order valence-electron chi connectivity index (χ4n) is 1.18. The lowest BCUT2D eigenvalue weighted by molar-refractivity contribution is 0.406. The molecule has 4 nitrogen and oxygen atoms in total. The molecule has 1 rings (SSSR count). The van der Waals surface area contributed by atoms with E-state index in [-0.39, 0.29) is 11.3 Å². The number of phenolic OH excluding ortho intramolecular Hbond substituents is 1. The number of nitrogens with zero attached hydrogens (tertiary/aromatic N) is 1. The van der Waals surface area contributed by atoms with Crippen molar-refractivity contribution >= 4 is 6.08 Å². The van der Waals surface area contributed by atoms with Crippen molar-refractivity contribution in [3.8, 4) is 17.6 Å². The zero-order valence-electron chi connectivity index (χ0n) is 8.40. The van der Waals surface area contributed by atoms with Gasteiger partial charge >= 0.3 is 0 Å². The smallest absolute Gasteiger partial charge is 0.137 e. The number of nitriles is 1. The number of methoxy groups -OCH3 is 1. The average Bonchev–Trinajstić information content (AvgIpc) is 2.26. The van der Waals surface area contributed by atoms with Gasteiger partial charge in [-0.15, -0.1) is 0 Å². The van der Waals surface area contributed by atoms with E-state index in [0.29, 0.717) is 12.3 Å². The quantitative estimate of drug-likeness (QED) is 0.776. The summed E-state index contributed by atoms with van der Waals surface area (Å²) in [6, 6.07) is 4.86. The third-order valence-electron chi connectivity index (χ3n) is 1.90. The zero-order valence-corrected chi connectivity index (χ0v) is 8.40. The SMILES string of the molecule is COc1cc(O)c(C#N)cc1/C=C/CN. The molecule has 78 valence electrons. The Bertz CT molecular complexity index is 419. The number of rotatable bonds is 3. The van der Waals surface area contributed by atoms with Crippen molar-refractivity contribution in [1.82, 2.24) is 0 Å². The third-order valence-corrected chi connectivity index (χ3v) is 1.90.